The summed E-state index contributed by atoms with van der Waals surface area (Å²) in [5.74, 6) is 0.962. The molecule has 1 aromatic rings. The van der Waals surface area contributed by atoms with Crippen LogP contribution in [0.3, 0.4) is 0 Å². The fourth-order valence-electron chi connectivity index (χ4n) is 1.72. The Kier molecular flexibility index (Phi) is 4.02. The van der Waals surface area contributed by atoms with E-state index in [0.29, 0.717) is 17.1 Å². The normalized spacial score (nSPS) is 15.7. The fourth-order valence-corrected chi connectivity index (χ4v) is 2.95. The quantitative estimate of drug-likeness (QED) is 0.845. The van der Waals surface area contributed by atoms with Crippen molar-refractivity contribution < 1.29 is 17.9 Å². The summed E-state index contributed by atoms with van der Waals surface area (Å²) >= 11 is 11.8. The summed E-state index contributed by atoms with van der Waals surface area (Å²) in [4.78, 5) is 0. The Bertz CT molecular complexity index is 669. The molecule has 1 N–H and O–H groups in total. The van der Waals surface area contributed by atoms with E-state index in [9.17, 15) is 8.42 Å². The van der Waals surface area contributed by atoms with E-state index in [4.69, 9.17) is 37.9 Å². The molecule has 0 fully saturated rings. The van der Waals surface area contributed by atoms with Crippen LogP contribution in [-0.4, -0.2) is 25.8 Å². The van der Waals surface area contributed by atoms with Crippen LogP contribution in [0.4, 0.5) is 0 Å². The first-order chi connectivity index (χ1) is 9.23. The molecule has 2 rings (SSSR count). The molecule has 0 aliphatic carbocycles. The second kappa shape index (κ2) is 5.30. The predicted molar refractivity (Wildman–Crippen MR) is 73.3 cm³/mol. The van der Waals surface area contributed by atoms with E-state index >= 15 is 0 Å². The average Bonchev–Trinajstić information content (AvgIpc) is 2.81. The smallest absolute Gasteiger partial charge is 0.231 e. The lowest BCUT2D eigenvalue weighted by Crippen LogP contribution is -2.37. The topological polar surface area (TPSA) is 88.4 Å². The van der Waals surface area contributed by atoms with Crippen LogP contribution in [0.2, 0.25) is 0 Å². The number of fused-ring (bicyclic) bond motifs is 1. The molecular formula is C11H10Cl2N2O4S. The highest BCUT2D eigenvalue weighted by Crippen LogP contribution is 2.40. The van der Waals surface area contributed by atoms with Crippen LogP contribution in [0.5, 0.6) is 11.5 Å². The van der Waals surface area contributed by atoms with Gasteiger partial charge in [0.05, 0.1) is 12.3 Å². The number of benzene rings is 1. The maximum atomic E-state index is 11.4. The highest BCUT2D eigenvalue weighted by atomic mass is 35.5. The molecular weight excluding hydrogens is 327 g/mol. The van der Waals surface area contributed by atoms with Gasteiger partial charge in [0.2, 0.25) is 21.1 Å². The van der Waals surface area contributed by atoms with Gasteiger partial charge in [-0.15, -0.1) is 0 Å². The Labute approximate surface area is 126 Å². The van der Waals surface area contributed by atoms with E-state index in [2.05, 4.69) is 4.72 Å². The molecule has 0 radical (unpaired) electrons. The lowest BCUT2D eigenvalue weighted by Gasteiger charge is -2.24. The Morgan fingerprint density at radius 3 is 2.65 bits per heavy atom. The van der Waals surface area contributed by atoms with Crippen molar-refractivity contribution >= 4 is 33.2 Å². The molecule has 1 aliphatic heterocycles. The summed E-state index contributed by atoms with van der Waals surface area (Å²) in [5, 5.41) is 9.01. The summed E-state index contributed by atoms with van der Waals surface area (Å²) in [6, 6.07) is 5.21. The largest absolute Gasteiger partial charge is 0.454 e. The SMILES string of the molecule is CS(=O)(=O)N[C@@H](c1ccc2c(c1)OCO2)C(Cl)(Cl)C#N. The molecule has 6 nitrogen and oxygen atoms in total. The molecule has 1 heterocycles. The van der Waals surface area contributed by atoms with E-state index < -0.39 is 20.4 Å². The van der Waals surface area contributed by atoms with E-state index in [-0.39, 0.29) is 6.79 Å². The highest BCUT2D eigenvalue weighted by Gasteiger charge is 2.39. The molecule has 0 spiro atoms. The Hall–Kier alpha value is -1.20. The number of nitriles is 1. The maximum Gasteiger partial charge on any atom is 0.231 e. The first-order valence-corrected chi connectivity index (χ1v) is 8.03. The summed E-state index contributed by atoms with van der Waals surface area (Å²) in [6.45, 7) is 0.0775. The van der Waals surface area contributed by atoms with Gasteiger partial charge in [-0.1, -0.05) is 29.3 Å². The van der Waals surface area contributed by atoms with Gasteiger partial charge in [0.25, 0.3) is 0 Å². The molecule has 0 amide bonds. The highest BCUT2D eigenvalue weighted by molar-refractivity contribution is 7.88. The average molecular weight is 337 g/mol. The van der Waals surface area contributed by atoms with Crippen LogP contribution in [0.1, 0.15) is 11.6 Å². The van der Waals surface area contributed by atoms with Crippen molar-refractivity contribution in [2.24, 2.45) is 0 Å². The van der Waals surface area contributed by atoms with Crippen LogP contribution >= 0.6 is 23.2 Å². The van der Waals surface area contributed by atoms with E-state index in [1.54, 1.807) is 18.2 Å². The molecule has 1 aliphatic rings. The number of nitrogens with one attached hydrogen (secondary N) is 1. The zero-order valence-electron chi connectivity index (χ0n) is 10.3. The van der Waals surface area contributed by atoms with Gasteiger partial charge in [0.1, 0.15) is 6.07 Å². The fraction of sp³-hybridized carbons (Fsp3) is 0.364. The van der Waals surface area contributed by atoms with Crippen LogP contribution in [0.25, 0.3) is 0 Å². The summed E-state index contributed by atoms with van der Waals surface area (Å²) in [7, 11) is -3.62. The molecule has 0 saturated carbocycles. The molecule has 20 heavy (non-hydrogen) atoms. The third-order valence-corrected chi connectivity index (χ3v) is 3.84. The van der Waals surface area contributed by atoms with Gasteiger partial charge in [-0.2, -0.15) is 5.26 Å². The maximum absolute atomic E-state index is 11.4. The third kappa shape index (κ3) is 3.27. The number of hydrogen-bond acceptors (Lipinski definition) is 5. The minimum atomic E-state index is -3.62. The minimum Gasteiger partial charge on any atom is -0.454 e. The number of nitrogens with zero attached hydrogens (tertiary/aromatic N) is 1. The van der Waals surface area contributed by atoms with Crippen LogP contribution in [0.15, 0.2) is 18.2 Å². The number of rotatable bonds is 4. The Balaban J connectivity index is 2.44. The van der Waals surface area contributed by atoms with Gasteiger partial charge in [-0.05, 0) is 17.7 Å². The van der Waals surface area contributed by atoms with Gasteiger partial charge in [0.15, 0.2) is 11.5 Å². The summed E-state index contributed by atoms with van der Waals surface area (Å²) in [6.07, 6.45) is 0.953. The predicted octanol–water partition coefficient (Wildman–Crippen LogP) is 1.70. The molecule has 0 unspecified atom stereocenters. The minimum absolute atomic E-state index is 0.0775. The van der Waals surface area contributed by atoms with Crippen LogP contribution in [-0.2, 0) is 10.0 Å². The first kappa shape index (κ1) is 15.2. The van der Waals surface area contributed by atoms with Crippen LogP contribution in [0, 0.1) is 11.3 Å². The van der Waals surface area contributed by atoms with Gasteiger partial charge in [-0.3, -0.25) is 0 Å². The van der Waals surface area contributed by atoms with Gasteiger partial charge < -0.3 is 9.47 Å². The zero-order chi connectivity index (χ0) is 15.0. The molecule has 108 valence electrons. The summed E-state index contributed by atoms with van der Waals surface area (Å²) in [5.41, 5.74) is 0.395. The molecule has 1 atom stereocenters. The number of alkyl halides is 2. The van der Waals surface area contributed by atoms with Crippen molar-refractivity contribution in [3.63, 3.8) is 0 Å². The lowest BCUT2D eigenvalue weighted by molar-refractivity contribution is 0.174. The van der Waals surface area contributed by atoms with Crippen molar-refractivity contribution in [1.82, 2.24) is 4.72 Å². The second-order valence-corrected chi connectivity index (χ2v) is 7.34. The van der Waals surface area contributed by atoms with Crippen molar-refractivity contribution in [2.75, 3.05) is 13.0 Å². The van der Waals surface area contributed by atoms with Crippen molar-refractivity contribution in [1.29, 1.82) is 5.26 Å². The molecule has 0 aromatic heterocycles. The van der Waals surface area contributed by atoms with Gasteiger partial charge in [0, 0.05) is 0 Å². The lowest BCUT2D eigenvalue weighted by atomic mass is 10.0. The molecule has 0 bridgehead atoms. The third-order valence-electron chi connectivity index (χ3n) is 2.57. The molecule has 1 aromatic carbocycles. The van der Waals surface area contributed by atoms with Crippen molar-refractivity contribution in [3.8, 4) is 17.6 Å². The molecule has 9 heteroatoms. The van der Waals surface area contributed by atoms with Gasteiger partial charge >= 0.3 is 0 Å². The standard InChI is InChI=1S/C11H10Cl2N2O4S/c1-20(16,17)15-10(11(12,13)5-14)7-2-3-8-9(4-7)19-6-18-8/h2-4,10,15H,6H2,1H3/t10-/m0/s1. The van der Waals surface area contributed by atoms with Crippen molar-refractivity contribution in [3.05, 3.63) is 23.8 Å². The number of hydrogen-bond donors (Lipinski definition) is 1. The van der Waals surface area contributed by atoms with Crippen LogP contribution < -0.4 is 14.2 Å². The van der Waals surface area contributed by atoms with E-state index in [1.165, 1.54) is 6.07 Å². The number of ether oxygens (including phenoxy) is 2. The number of halogens is 2. The van der Waals surface area contributed by atoms with Crippen molar-refractivity contribution in [2.45, 2.75) is 10.4 Å². The van der Waals surface area contributed by atoms with E-state index in [0.717, 1.165) is 6.26 Å². The van der Waals surface area contributed by atoms with E-state index in [1.807, 2.05) is 0 Å². The van der Waals surface area contributed by atoms with Gasteiger partial charge in [-0.25, -0.2) is 13.1 Å². The monoisotopic (exact) mass is 336 g/mol. The first-order valence-electron chi connectivity index (χ1n) is 5.39. The second-order valence-electron chi connectivity index (χ2n) is 4.17. The number of sulfonamides is 1. The zero-order valence-corrected chi connectivity index (χ0v) is 12.6. The Morgan fingerprint density at radius 1 is 1.40 bits per heavy atom. The molecule has 0 saturated heterocycles. The Morgan fingerprint density at radius 2 is 2.05 bits per heavy atom. The summed E-state index contributed by atoms with van der Waals surface area (Å²) < 4.78 is 33.5.